The van der Waals surface area contributed by atoms with Crippen molar-refractivity contribution in [2.45, 2.75) is 24.7 Å². The van der Waals surface area contributed by atoms with Crippen molar-refractivity contribution in [3.63, 3.8) is 0 Å². The third-order valence-corrected chi connectivity index (χ3v) is 4.22. The van der Waals surface area contributed by atoms with Gasteiger partial charge in [0, 0.05) is 6.07 Å². The Labute approximate surface area is 126 Å². The molecule has 0 radical (unpaired) electrons. The topological polar surface area (TPSA) is 29.1 Å². The molecule has 1 aliphatic rings. The molecule has 2 nitrogen and oxygen atoms in total. The molecule has 3 rings (SSSR count). The smallest absolute Gasteiger partial charge is 0.235 e. The van der Waals surface area contributed by atoms with E-state index in [4.69, 9.17) is 0 Å². The molecule has 1 aliphatic carbocycles. The second-order valence-electron chi connectivity index (χ2n) is 5.52. The number of hydrogen-bond donors (Lipinski definition) is 1. The standard InChI is InChI=1S/C17H14F3NO/c18-12-4-2-11(3-5-12)17(8-1-9-17)16(22)21-15-7-6-13(19)10-14(15)20/h2-7,10H,1,8-9H2,(H,21,22). The molecule has 0 bridgehead atoms. The van der Waals surface area contributed by atoms with Crippen LogP contribution in [-0.4, -0.2) is 5.91 Å². The predicted octanol–water partition coefficient (Wildman–Crippen LogP) is 4.16. The summed E-state index contributed by atoms with van der Waals surface area (Å²) < 4.78 is 39.6. The van der Waals surface area contributed by atoms with Gasteiger partial charge in [-0.1, -0.05) is 18.6 Å². The molecule has 5 heteroatoms. The van der Waals surface area contributed by atoms with Gasteiger partial charge in [-0.2, -0.15) is 0 Å². The fourth-order valence-corrected chi connectivity index (χ4v) is 2.78. The summed E-state index contributed by atoms with van der Waals surface area (Å²) in [5, 5.41) is 2.52. The Hall–Kier alpha value is -2.30. The maximum Gasteiger partial charge on any atom is 0.235 e. The van der Waals surface area contributed by atoms with Crippen molar-refractivity contribution in [1.82, 2.24) is 0 Å². The summed E-state index contributed by atoms with van der Waals surface area (Å²) in [5.41, 5.74) is -0.117. The van der Waals surface area contributed by atoms with Gasteiger partial charge in [-0.3, -0.25) is 4.79 Å². The van der Waals surface area contributed by atoms with E-state index >= 15 is 0 Å². The van der Waals surface area contributed by atoms with E-state index in [9.17, 15) is 18.0 Å². The molecule has 0 saturated heterocycles. The Bertz CT molecular complexity index is 708. The molecule has 2 aromatic carbocycles. The van der Waals surface area contributed by atoms with E-state index in [2.05, 4.69) is 5.32 Å². The maximum atomic E-state index is 13.7. The van der Waals surface area contributed by atoms with Crippen LogP contribution in [0.1, 0.15) is 24.8 Å². The van der Waals surface area contributed by atoms with E-state index in [-0.39, 0.29) is 17.4 Å². The van der Waals surface area contributed by atoms with Gasteiger partial charge < -0.3 is 5.32 Å². The van der Waals surface area contributed by atoms with E-state index in [1.165, 1.54) is 18.2 Å². The number of carbonyl (C=O) groups excluding carboxylic acids is 1. The highest BCUT2D eigenvalue weighted by atomic mass is 19.1. The van der Waals surface area contributed by atoms with Gasteiger partial charge in [0.1, 0.15) is 17.5 Å². The number of anilines is 1. The average Bonchev–Trinajstić information content (AvgIpc) is 2.43. The van der Waals surface area contributed by atoms with Crippen molar-refractivity contribution in [1.29, 1.82) is 0 Å². The second-order valence-corrected chi connectivity index (χ2v) is 5.52. The Morgan fingerprint density at radius 2 is 1.59 bits per heavy atom. The molecule has 1 fully saturated rings. The minimum atomic E-state index is -0.818. The van der Waals surface area contributed by atoms with Crippen molar-refractivity contribution in [2.75, 3.05) is 5.32 Å². The molecule has 22 heavy (non-hydrogen) atoms. The fraction of sp³-hybridized carbons (Fsp3) is 0.235. The van der Waals surface area contributed by atoms with E-state index in [1.54, 1.807) is 12.1 Å². The van der Waals surface area contributed by atoms with Crippen LogP contribution in [0, 0.1) is 17.5 Å². The number of nitrogens with one attached hydrogen (secondary N) is 1. The van der Waals surface area contributed by atoms with E-state index in [1.807, 2.05) is 0 Å². The predicted molar refractivity (Wildman–Crippen MR) is 76.9 cm³/mol. The van der Waals surface area contributed by atoms with E-state index < -0.39 is 17.0 Å². The zero-order chi connectivity index (χ0) is 15.7. The lowest BCUT2D eigenvalue weighted by atomic mass is 9.64. The SMILES string of the molecule is O=C(Nc1ccc(F)cc1F)C1(c2ccc(F)cc2)CCC1. The molecule has 1 amide bonds. The van der Waals surface area contributed by atoms with Crippen LogP contribution in [0.25, 0.3) is 0 Å². The number of halogens is 3. The van der Waals surface area contributed by atoms with Crippen LogP contribution in [-0.2, 0) is 10.2 Å². The number of hydrogen-bond acceptors (Lipinski definition) is 1. The molecule has 0 heterocycles. The largest absolute Gasteiger partial charge is 0.323 e. The molecular formula is C17H14F3NO. The first-order valence-electron chi connectivity index (χ1n) is 7.04. The molecule has 0 spiro atoms. The van der Waals surface area contributed by atoms with E-state index in [0.29, 0.717) is 18.4 Å². The van der Waals surface area contributed by atoms with Gasteiger partial charge >= 0.3 is 0 Å². The zero-order valence-corrected chi connectivity index (χ0v) is 11.7. The van der Waals surface area contributed by atoms with Crippen LogP contribution in [0.15, 0.2) is 42.5 Å². The summed E-state index contributed by atoms with van der Waals surface area (Å²) in [6.07, 6.45) is 2.11. The maximum absolute atomic E-state index is 13.7. The fourth-order valence-electron chi connectivity index (χ4n) is 2.78. The summed E-state index contributed by atoms with van der Waals surface area (Å²) >= 11 is 0. The van der Waals surface area contributed by atoms with Gasteiger partial charge in [-0.25, -0.2) is 13.2 Å². The monoisotopic (exact) mass is 305 g/mol. The van der Waals surface area contributed by atoms with Crippen LogP contribution < -0.4 is 5.32 Å². The molecule has 0 unspecified atom stereocenters. The highest BCUT2D eigenvalue weighted by molar-refractivity contribution is 6.00. The first-order chi connectivity index (χ1) is 10.5. The highest BCUT2D eigenvalue weighted by Crippen LogP contribution is 2.44. The Balaban J connectivity index is 1.87. The number of benzene rings is 2. The van der Waals surface area contributed by atoms with Gasteiger partial charge in [-0.15, -0.1) is 0 Å². The Morgan fingerprint density at radius 1 is 0.955 bits per heavy atom. The molecule has 2 aromatic rings. The Morgan fingerprint density at radius 3 is 2.14 bits per heavy atom. The van der Waals surface area contributed by atoms with Crippen LogP contribution in [0.5, 0.6) is 0 Å². The third-order valence-electron chi connectivity index (χ3n) is 4.22. The van der Waals surface area contributed by atoms with Crippen molar-refractivity contribution in [3.8, 4) is 0 Å². The van der Waals surface area contributed by atoms with Gasteiger partial charge in [0.25, 0.3) is 0 Å². The second kappa shape index (κ2) is 5.48. The highest BCUT2D eigenvalue weighted by Gasteiger charge is 2.45. The van der Waals surface area contributed by atoms with Gasteiger partial charge in [0.05, 0.1) is 11.1 Å². The summed E-state index contributed by atoms with van der Waals surface area (Å²) in [5.74, 6) is -2.24. The zero-order valence-electron chi connectivity index (χ0n) is 11.7. The minimum absolute atomic E-state index is 0.0558. The molecule has 1 saturated carbocycles. The molecule has 0 aromatic heterocycles. The van der Waals surface area contributed by atoms with Gasteiger partial charge in [0.2, 0.25) is 5.91 Å². The van der Waals surface area contributed by atoms with Crippen molar-refractivity contribution in [3.05, 3.63) is 65.5 Å². The quantitative estimate of drug-likeness (QED) is 0.906. The Kier molecular flexibility index (Phi) is 3.64. The molecule has 114 valence electrons. The lowest BCUT2D eigenvalue weighted by molar-refractivity contribution is -0.124. The summed E-state index contributed by atoms with van der Waals surface area (Å²) in [7, 11) is 0. The average molecular weight is 305 g/mol. The normalized spacial score (nSPS) is 16.0. The van der Waals surface area contributed by atoms with Crippen LogP contribution >= 0.6 is 0 Å². The molecule has 0 atom stereocenters. The van der Waals surface area contributed by atoms with Gasteiger partial charge in [0.15, 0.2) is 0 Å². The lowest BCUT2D eigenvalue weighted by Gasteiger charge is -2.40. The van der Waals surface area contributed by atoms with Crippen LogP contribution in [0.3, 0.4) is 0 Å². The first kappa shape index (κ1) is 14.6. The van der Waals surface area contributed by atoms with Crippen molar-refractivity contribution in [2.24, 2.45) is 0 Å². The van der Waals surface area contributed by atoms with E-state index in [0.717, 1.165) is 18.6 Å². The third kappa shape index (κ3) is 2.47. The lowest BCUT2D eigenvalue weighted by Crippen LogP contribution is -2.46. The van der Waals surface area contributed by atoms with Crippen LogP contribution in [0.2, 0.25) is 0 Å². The van der Waals surface area contributed by atoms with Crippen molar-refractivity contribution >= 4 is 11.6 Å². The number of rotatable bonds is 3. The number of amides is 1. The van der Waals surface area contributed by atoms with Gasteiger partial charge in [-0.05, 0) is 42.7 Å². The van der Waals surface area contributed by atoms with Crippen molar-refractivity contribution < 1.29 is 18.0 Å². The summed E-state index contributed by atoms with van der Waals surface area (Å²) in [6, 6.07) is 8.77. The molecular weight excluding hydrogens is 291 g/mol. The number of carbonyl (C=O) groups is 1. The van der Waals surface area contributed by atoms with Crippen LogP contribution in [0.4, 0.5) is 18.9 Å². The summed E-state index contributed by atoms with van der Waals surface area (Å²) in [4.78, 5) is 12.6. The molecule has 0 aliphatic heterocycles. The summed E-state index contributed by atoms with van der Waals surface area (Å²) in [6.45, 7) is 0. The molecule has 1 N–H and O–H groups in total. The first-order valence-corrected chi connectivity index (χ1v) is 7.04. The minimum Gasteiger partial charge on any atom is -0.323 e.